The smallest absolute Gasteiger partial charge is 0.320 e. The van der Waals surface area contributed by atoms with Crippen LogP contribution >= 0.6 is 0 Å². The van der Waals surface area contributed by atoms with Gasteiger partial charge in [-0.05, 0) is 18.4 Å². The average molecular weight is 276 g/mol. The second kappa shape index (κ2) is 8.15. The van der Waals surface area contributed by atoms with E-state index in [4.69, 9.17) is 0 Å². The molecular weight excluding hydrogens is 256 g/mol. The van der Waals surface area contributed by atoms with Crippen LogP contribution in [0, 0.1) is 11.8 Å². The molecule has 108 valence electrons. The van der Waals surface area contributed by atoms with Crippen LogP contribution in [0.15, 0.2) is 43.0 Å². The summed E-state index contributed by atoms with van der Waals surface area (Å²) in [5.41, 5.74) is 1.15. The molecule has 0 aliphatic heterocycles. The van der Waals surface area contributed by atoms with Gasteiger partial charge >= 0.3 is 11.9 Å². The van der Waals surface area contributed by atoms with Crippen molar-refractivity contribution in [1.29, 1.82) is 0 Å². The Morgan fingerprint density at radius 1 is 1.15 bits per heavy atom. The van der Waals surface area contributed by atoms with Crippen molar-refractivity contribution in [1.82, 2.24) is 0 Å². The van der Waals surface area contributed by atoms with E-state index in [1.165, 1.54) is 14.2 Å². The van der Waals surface area contributed by atoms with Gasteiger partial charge < -0.3 is 9.47 Å². The van der Waals surface area contributed by atoms with Crippen molar-refractivity contribution in [3.05, 3.63) is 48.6 Å². The Labute approximate surface area is 119 Å². The fourth-order valence-corrected chi connectivity index (χ4v) is 2.10. The SMILES string of the molecule is C=C[C@@H](CCc1ccccc1)C(C(=O)OC)C(=O)OC. The third-order valence-corrected chi connectivity index (χ3v) is 3.25. The summed E-state index contributed by atoms with van der Waals surface area (Å²) < 4.78 is 9.37. The largest absolute Gasteiger partial charge is 0.468 e. The van der Waals surface area contributed by atoms with Crippen molar-refractivity contribution >= 4 is 11.9 Å². The second-order valence-corrected chi connectivity index (χ2v) is 4.45. The molecular formula is C16H20O4. The quantitative estimate of drug-likeness (QED) is 0.436. The lowest BCUT2D eigenvalue weighted by atomic mass is 9.87. The maximum atomic E-state index is 11.8. The van der Waals surface area contributed by atoms with Crippen LogP contribution in [0.3, 0.4) is 0 Å². The van der Waals surface area contributed by atoms with Gasteiger partial charge in [0.2, 0.25) is 0 Å². The highest BCUT2D eigenvalue weighted by molar-refractivity contribution is 5.95. The Hall–Kier alpha value is -2.10. The van der Waals surface area contributed by atoms with Gasteiger partial charge in [0.05, 0.1) is 14.2 Å². The van der Waals surface area contributed by atoms with Crippen LogP contribution in [0.1, 0.15) is 12.0 Å². The minimum atomic E-state index is -0.953. The van der Waals surface area contributed by atoms with Crippen LogP contribution in [-0.2, 0) is 25.5 Å². The first kappa shape index (κ1) is 16.0. The predicted octanol–water partition coefficient (Wildman–Crippen LogP) is 2.38. The minimum Gasteiger partial charge on any atom is -0.468 e. The highest BCUT2D eigenvalue weighted by Gasteiger charge is 2.34. The number of carbonyl (C=O) groups is 2. The summed E-state index contributed by atoms with van der Waals surface area (Å²) in [5, 5.41) is 0. The van der Waals surface area contributed by atoms with E-state index in [1.54, 1.807) is 6.08 Å². The Kier molecular flexibility index (Phi) is 6.50. The van der Waals surface area contributed by atoms with E-state index in [2.05, 4.69) is 16.1 Å². The topological polar surface area (TPSA) is 52.6 Å². The highest BCUT2D eigenvalue weighted by Crippen LogP contribution is 2.22. The molecule has 0 amide bonds. The zero-order valence-corrected chi connectivity index (χ0v) is 11.9. The Morgan fingerprint density at radius 2 is 1.70 bits per heavy atom. The number of carbonyl (C=O) groups excluding carboxylic acids is 2. The molecule has 20 heavy (non-hydrogen) atoms. The summed E-state index contributed by atoms with van der Waals surface area (Å²) in [6.07, 6.45) is 2.99. The molecule has 4 heteroatoms. The average Bonchev–Trinajstić information content (AvgIpc) is 2.51. The summed E-state index contributed by atoms with van der Waals surface area (Å²) in [5.74, 6) is -2.44. The lowest BCUT2D eigenvalue weighted by molar-refractivity contribution is -0.160. The molecule has 1 aromatic rings. The maximum Gasteiger partial charge on any atom is 0.320 e. The van der Waals surface area contributed by atoms with Crippen molar-refractivity contribution < 1.29 is 19.1 Å². The molecule has 0 aromatic heterocycles. The number of rotatable bonds is 7. The molecule has 0 aliphatic carbocycles. The van der Waals surface area contributed by atoms with Crippen LogP contribution in [0.4, 0.5) is 0 Å². The van der Waals surface area contributed by atoms with E-state index in [-0.39, 0.29) is 5.92 Å². The van der Waals surface area contributed by atoms with Crippen molar-refractivity contribution in [3.63, 3.8) is 0 Å². The fourth-order valence-electron chi connectivity index (χ4n) is 2.10. The van der Waals surface area contributed by atoms with Gasteiger partial charge in [0.25, 0.3) is 0 Å². The van der Waals surface area contributed by atoms with Crippen LogP contribution in [0.5, 0.6) is 0 Å². The molecule has 0 saturated carbocycles. The Bertz CT molecular complexity index is 437. The molecule has 0 unspecified atom stereocenters. The van der Waals surface area contributed by atoms with Crippen molar-refractivity contribution in [3.8, 4) is 0 Å². The van der Waals surface area contributed by atoms with E-state index in [0.29, 0.717) is 6.42 Å². The molecule has 1 rings (SSSR count). The van der Waals surface area contributed by atoms with E-state index in [9.17, 15) is 9.59 Å². The zero-order chi connectivity index (χ0) is 15.0. The third kappa shape index (κ3) is 4.23. The van der Waals surface area contributed by atoms with E-state index in [1.807, 2.05) is 30.3 Å². The number of esters is 2. The number of hydrogen-bond donors (Lipinski definition) is 0. The molecule has 0 radical (unpaired) electrons. The van der Waals surface area contributed by atoms with E-state index < -0.39 is 17.9 Å². The number of ether oxygens (including phenoxy) is 2. The number of methoxy groups -OCH3 is 2. The van der Waals surface area contributed by atoms with Crippen LogP contribution in [0.2, 0.25) is 0 Å². The molecule has 0 spiro atoms. The summed E-state index contributed by atoms with van der Waals surface area (Å²) in [4.78, 5) is 23.5. The van der Waals surface area contributed by atoms with Crippen LogP contribution in [-0.4, -0.2) is 26.2 Å². The fraction of sp³-hybridized carbons (Fsp3) is 0.375. The van der Waals surface area contributed by atoms with Crippen molar-refractivity contribution in [2.24, 2.45) is 11.8 Å². The van der Waals surface area contributed by atoms with Crippen LogP contribution < -0.4 is 0 Å². The third-order valence-electron chi connectivity index (χ3n) is 3.25. The number of hydrogen-bond acceptors (Lipinski definition) is 4. The van der Waals surface area contributed by atoms with Gasteiger partial charge in [-0.2, -0.15) is 0 Å². The molecule has 4 nitrogen and oxygen atoms in total. The first-order valence-corrected chi connectivity index (χ1v) is 6.46. The lowest BCUT2D eigenvalue weighted by Crippen LogP contribution is -2.32. The normalized spacial score (nSPS) is 11.8. The number of allylic oxidation sites excluding steroid dienone is 1. The second-order valence-electron chi connectivity index (χ2n) is 4.45. The monoisotopic (exact) mass is 276 g/mol. The van der Waals surface area contributed by atoms with Gasteiger partial charge in [0.1, 0.15) is 0 Å². The summed E-state index contributed by atoms with van der Waals surface area (Å²) in [6, 6.07) is 9.86. The van der Waals surface area contributed by atoms with Gasteiger partial charge in [0, 0.05) is 5.92 Å². The Balaban J connectivity index is 2.77. The molecule has 1 aromatic carbocycles. The summed E-state index contributed by atoms with van der Waals surface area (Å²) in [6.45, 7) is 3.71. The van der Waals surface area contributed by atoms with E-state index in [0.717, 1.165) is 12.0 Å². The highest BCUT2D eigenvalue weighted by atomic mass is 16.5. The van der Waals surface area contributed by atoms with Gasteiger partial charge in [-0.1, -0.05) is 36.4 Å². The number of benzene rings is 1. The van der Waals surface area contributed by atoms with Gasteiger partial charge in [-0.3, -0.25) is 9.59 Å². The summed E-state index contributed by atoms with van der Waals surface area (Å²) >= 11 is 0. The van der Waals surface area contributed by atoms with Gasteiger partial charge in [0.15, 0.2) is 5.92 Å². The van der Waals surface area contributed by atoms with Crippen LogP contribution in [0.25, 0.3) is 0 Å². The molecule has 0 N–H and O–H groups in total. The first-order valence-electron chi connectivity index (χ1n) is 6.46. The molecule has 0 aliphatic rings. The maximum absolute atomic E-state index is 11.8. The molecule has 0 fully saturated rings. The minimum absolute atomic E-state index is 0.310. The van der Waals surface area contributed by atoms with E-state index >= 15 is 0 Å². The molecule has 0 heterocycles. The summed E-state index contributed by atoms with van der Waals surface area (Å²) in [7, 11) is 2.52. The Morgan fingerprint density at radius 3 is 2.15 bits per heavy atom. The predicted molar refractivity (Wildman–Crippen MR) is 76.0 cm³/mol. The number of aryl methyl sites for hydroxylation is 1. The first-order chi connectivity index (χ1) is 9.63. The zero-order valence-electron chi connectivity index (χ0n) is 11.9. The van der Waals surface area contributed by atoms with Gasteiger partial charge in [-0.15, -0.1) is 6.58 Å². The molecule has 0 saturated heterocycles. The van der Waals surface area contributed by atoms with Crippen molar-refractivity contribution in [2.45, 2.75) is 12.8 Å². The molecule has 0 bridgehead atoms. The molecule has 1 atom stereocenters. The lowest BCUT2D eigenvalue weighted by Gasteiger charge is -2.20. The van der Waals surface area contributed by atoms with Gasteiger partial charge in [-0.25, -0.2) is 0 Å². The van der Waals surface area contributed by atoms with Crippen molar-refractivity contribution in [2.75, 3.05) is 14.2 Å². The standard InChI is InChI=1S/C16H20O4/c1-4-13(11-10-12-8-6-5-7-9-12)14(15(17)19-2)16(18)20-3/h4-9,13-14H,1,10-11H2,2-3H3/t13-/m0/s1.